The standard InChI is InChI=1S/C28H25N5O2S2/c1-3-9-19(10-4-1)25-30-32-27(34-25)36-18-22-14-8-16-24(29-22)21-13-7-15-23(17-21)37-28-33-31-26(35-28)20-11-5-2-6-12-20/h1-6,8-12,14,16,21,23H,7,13,15,17-18H2. The number of pyridine rings is 1. The smallest absolute Gasteiger partial charge is 0.277 e. The minimum absolute atomic E-state index is 0.417. The van der Waals surface area contributed by atoms with Crippen LogP contribution in [0.3, 0.4) is 0 Å². The Hall–Kier alpha value is -3.43. The number of aromatic nitrogens is 5. The molecule has 0 radical (unpaired) electrons. The second-order valence-electron chi connectivity index (χ2n) is 8.92. The molecule has 0 aliphatic heterocycles. The molecule has 0 amide bonds. The average Bonchev–Trinajstić information content (AvgIpc) is 3.63. The third-order valence-corrected chi connectivity index (χ3v) is 8.32. The first-order chi connectivity index (χ1) is 18.3. The van der Waals surface area contributed by atoms with E-state index in [2.05, 4.69) is 38.6 Å². The van der Waals surface area contributed by atoms with E-state index in [1.165, 1.54) is 11.8 Å². The van der Waals surface area contributed by atoms with Crippen molar-refractivity contribution >= 4 is 23.5 Å². The molecule has 2 atom stereocenters. The Labute approximate surface area is 223 Å². The average molecular weight is 528 g/mol. The van der Waals surface area contributed by atoms with Crippen molar-refractivity contribution in [2.24, 2.45) is 0 Å². The molecule has 1 aliphatic rings. The Morgan fingerprint density at radius 3 is 2.11 bits per heavy atom. The summed E-state index contributed by atoms with van der Waals surface area (Å²) in [5, 5.41) is 18.5. The summed E-state index contributed by atoms with van der Waals surface area (Å²) in [7, 11) is 0. The van der Waals surface area contributed by atoms with Crippen molar-refractivity contribution in [3.63, 3.8) is 0 Å². The molecule has 5 aromatic rings. The van der Waals surface area contributed by atoms with Crippen molar-refractivity contribution in [1.82, 2.24) is 25.4 Å². The van der Waals surface area contributed by atoms with Crippen LogP contribution in [0.5, 0.6) is 0 Å². The zero-order valence-corrected chi connectivity index (χ0v) is 21.7. The van der Waals surface area contributed by atoms with Gasteiger partial charge in [-0.05, 0) is 55.7 Å². The minimum Gasteiger partial charge on any atom is -0.411 e. The Balaban J connectivity index is 1.07. The number of rotatable bonds is 8. The van der Waals surface area contributed by atoms with Crippen LogP contribution in [0.4, 0.5) is 0 Å². The van der Waals surface area contributed by atoms with E-state index in [1.54, 1.807) is 11.8 Å². The summed E-state index contributed by atoms with van der Waals surface area (Å²) >= 11 is 3.20. The zero-order valence-electron chi connectivity index (χ0n) is 20.1. The van der Waals surface area contributed by atoms with Gasteiger partial charge in [-0.15, -0.1) is 20.4 Å². The van der Waals surface area contributed by atoms with Crippen LogP contribution >= 0.6 is 23.5 Å². The van der Waals surface area contributed by atoms with Gasteiger partial charge < -0.3 is 8.83 Å². The van der Waals surface area contributed by atoms with Crippen LogP contribution in [0.25, 0.3) is 22.9 Å². The molecule has 1 fully saturated rings. The Morgan fingerprint density at radius 1 is 0.703 bits per heavy atom. The van der Waals surface area contributed by atoms with Crippen molar-refractivity contribution in [3.8, 4) is 22.9 Å². The molecule has 0 saturated heterocycles. The van der Waals surface area contributed by atoms with Crippen molar-refractivity contribution in [1.29, 1.82) is 0 Å². The fourth-order valence-corrected chi connectivity index (χ4v) is 6.31. The summed E-state index contributed by atoms with van der Waals surface area (Å²) in [6, 6.07) is 26.0. The summed E-state index contributed by atoms with van der Waals surface area (Å²) in [4.78, 5) is 4.99. The van der Waals surface area contributed by atoms with E-state index >= 15 is 0 Å². The summed E-state index contributed by atoms with van der Waals surface area (Å²) < 4.78 is 11.8. The molecule has 3 heterocycles. The lowest BCUT2D eigenvalue weighted by Gasteiger charge is -2.27. The fraction of sp³-hybridized carbons (Fsp3) is 0.250. The van der Waals surface area contributed by atoms with Gasteiger partial charge in [0.1, 0.15) is 0 Å². The maximum atomic E-state index is 5.94. The van der Waals surface area contributed by atoms with E-state index in [1.807, 2.05) is 60.7 Å². The van der Waals surface area contributed by atoms with E-state index in [4.69, 9.17) is 13.8 Å². The van der Waals surface area contributed by atoms with Gasteiger partial charge in [0.2, 0.25) is 11.8 Å². The first-order valence-corrected chi connectivity index (χ1v) is 14.2. The number of nitrogens with zero attached hydrogens (tertiary/aromatic N) is 5. The largest absolute Gasteiger partial charge is 0.411 e. The van der Waals surface area contributed by atoms with Gasteiger partial charge in [0.05, 0.1) is 5.69 Å². The van der Waals surface area contributed by atoms with E-state index in [0.29, 0.717) is 39.1 Å². The van der Waals surface area contributed by atoms with Gasteiger partial charge in [0.25, 0.3) is 10.4 Å². The summed E-state index contributed by atoms with van der Waals surface area (Å²) in [6.07, 6.45) is 4.48. The first kappa shape index (κ1) is 23.9. The number of hydrogen-bond acceptors (Lipinski definition) is 9. The Bertz CT molecular complexity index is 1440. The van der Waals surface area contributed by atoms with Gasteiger partial charge in [-0.3, -0.25) is 4.98 Å². The predicted molar refractivity (Wildman–Crippen MR) is 144 cm³/mol. The molecule has 2 aromatic carbocycles. The third kappa shape index (κ3) is 5.94. The number of hydrogen-bond donors (Lipinski definition) is 0. The molecule has 9 heteroatoms. The van der Waals surface area contributed by atoms with Crippen molar-refractivity contribution in [2.75, 3.05) is 0 Å². The van der Waals surface area contributed by atoms with Gasteiger partial charge in [-0.2, -0.15) is 0 Å². The van der Waals surface area contributed by atoms with Crippen LogP contribution in [0.2, 0.25) is 0 Å². The molecule has 6 rings (SSSR count). The van der Waals surface area contributed by atoms with E-state index in [0.717, 1.165) is 48.2 Å². The maximum absolute atomic E-state index is 5.94. The highest BCUT2D eigenvalue weighted by atomic mass is 32.2. The van der Waals surface area contributed by atoms with E-state index < -0.39 is 0 Å². The zero-order chi connectivity index (χ0) is 24.9. The maximum Gasteiger partial charge on any atom is 0.277 e. The molecule has 2 unspecified atom stereocenters. The van der Waals surface area contributed by atoms with Crippen LogP contribution in [0.15, 0.2) is 98.1 Å². The molecule has 1 aliphatic carbocycles. The SMILES string of the molecule is c1ccc(-c2nnc(SCc3cccc(C4CCCC(Sc5nnc(-c6ccccc6)o5)C4)n3)o2)cc1. The quantitative estimate of drug-likeness (QED) is 0.193. The van der Waals surface area contributed by atoms with Crippen molar-refractivity contribution in [2.45, 2.75) is 53.0 Å². The van der Waals surface area contributed by atoms with Crippen LogP contribution < -0.4 is 0 Å². The molecule has 7 nitrogen and oxygen atoms in total. The Morgan fingerprint density at radius 2 is 1.38 bits per heavy atom. The highest BCUT2D eigenvalue weighted by Gasteiger charge is 2.27. The van der Waals surface area contributed by atoms with Crippen LogP contribution in [-0.4, -0.2) is 30.6 Å². The van der Waals surface area contributed by atoms with E-state index in [9.17, 15) is 0 Å². The normalized spacial score (nSPS) is 17.6. The molecule has 0 bridgehead atoms. The second kappa shape index (κ2) is 11.3. The molecule has 0 N–H and O–H groups in total. The molecule has 3 aromatic heterocycles. The predicted octanol–water partition coefficient (Wildman–Crippen LogP) is 7.29. The number of benzene rings is 2. The van der Waals surface area contributed by atoms with Gasteiger partial charge >= 0.3 is 0 Å². The molecule has 37 heavy (non-hydrogen) atoms. The van der Waals surface area contributed by atoms with Gasteiger partial charge in [0, 0.05) is 33.7 Å². The molecular weight excluding hydrogens is 502 g/mol. The summed E-state index contributed by atoms with van der Waals surface area (Å²) in [5.41, 5.74) is 4.03. The van der Waals surface area contributed by atoms with Crippen molar-refractivity contribution in [3.05, 3.63) is 90.3 Å². The monoisotopic (exact) mass is 527 g/mol. The highest BCUT2D eigenvalue weighted by Crippen LogP contribution is 2.40. The van der Waals surface area contributed by atoms with Gasteiger partial charge in [-0.25, -0.2) is 0 Å². The first-order valence-electron chi connectivity index (χ1n) is 12.3. The topological polar surface area (TPSA) is 90.7 Å². The lowest BCUT2D eigenvalue weighted by atomic mass is 9.86. The van der Waals surface area contributed by atoms with E-state index in [-0.39, 0.29) is 0 Å². The molecule has 0 spiro atoms. The van der Waals surface area contributed by atoms with Gasteiger partial charge in [-0.1, -0.05) is 72.4 Å². The van der Waals surface area contributed by atoms with Crippen LogP contribution in [0.1, 0.15) is 43.0 Å². The molecular formula is C28H25N5O2S2. The summed E-state index contributed by atoms with van der Waals surface area (Å²) in [6.45, 7) is 0. The van der Waals surface area contributed by atoms with Gasteiger partial charge in [0.15, 0.2) is 0 Å². The minimum atomic E-state index is 0.417. The molecule has 186 valence electrons. The lowest BCUT2D eigenvalue weighted by molar-refractivity contribution is 0.434. The van der Waals surface area contributed by atoms with Crippen molar-refractivity contribution < 1.29 is 8.83 Å². The summed E-state index contributed by atoms with van der Waals surface area (Å²) in [5.74, 6) is 2.20. The number of thioether (sulfide) groups is 2. The Kier molecular flexibility index (Phi) is 7.32. The molecule has 1 saturated carbocycles. The third-order valence-electron chi connectivity index (χ3n) is 6.34. The van der Waals surface area contributed by atoms with Crippen LogP contribution in [-0.2, 0) is 5.75 Å². The lowest BCUT2D eigenvalue weighted by Crippen LogP contribution is -2.17. The highest BCUT2D eigenvalue weighted by molar-refractivity contribution is 7.99. The fourth-order valence-electron chi connectivity index (χ4n) is 4.53. The van der Waals surface area contributed by atoms with Crippen LogP contribution in [0, 0.1) is 0 Å². The second-order valence-corrected chi connectivity index (χ2v) is 11.1.